The molecule has 110 valence electrons. The van der Waals surface area contributed by atoms with Gasteiger partial charge in [0.15, 0.2) is 6.29 Å². The quantitative estimate of drug-likeness (QED) is 0.379. The zero-order chi connectivity index (χ0) is 14.8. The van der Waals surface area contributed by atoms with E-state index in [2.05, 4.69) is 4.74 Å². The minimum atomic E-state index is -1.17. The molecule has 0 aliphatic rings. The van der Waals surface area contributed by atoms with E-state index in [1.807, 2.05) is 0 Å². The highest BCUT2D eigenvalue weighted by atomic mass is 16.7. The number of aliphatic hydroxyl groups excluding tert-OH is 1. The van der Waals surface area contributed by atoms with Crippen LogP contribution in [0.15, 0.2) is 12.2 Å². The molecule has 0 rings (SSSR count). The van der Waals surface area contributed by atoms with E-state index < -0.39 is 30.4 Å². The molecule has 0 aromatic heterocycles. The molecule has 19 heavy (non-hydrogen) atoms. The molecular formula is C12H20O7. The fraction of sp³-hybridized carbons (Fsp3) is 0.667. The Morgan fingerprint density at radius 3 is 2.11 bits per heavy atom. The van der Waals surface area contributed by atoms with Crippen LogP contribution in [-0.4, -0.2) is 56.4 Å². The van der Waals surface area contributed by atoms with Crippen LogP contribution in [0.3, 0.4) is 0 Å². The first-order chi connectivity index (χ1) is 8.90. The Morgan fingerprint density at radius 1 is 1.11 bits per heavy atom. The van der Waals surface area contributed by atoms with Crippen molar-refractivity contribution >= 4 is 11.9 Å². The van der Waals surface area contributed by atoms with Gasteiger partial charge in [0, 0.05) is 28.1 Å². The summed E-state index contributed by atoms with van der Waals surface area (Å²) in [6.45, 7) is 2.15. The molecule has 0 saturated carbocycles. The lowest BCUT2D eigenvalue weighted by Crippen LogP contribution is -2.33. The maximum atomic E-state index is 10.9. The van der Waals surface area contributed by atoms with Crippen LogP contribution in [0.4, 0.5) is 0 Å². The number of carbonyl (C=O) groups excluding carboxylic acids is 2. The van der Waals surface area contributed by atoms with E-state index in [0.29, 0.717) is 0 Å². The number of methoxy groups -OCH3 is 2. The van der Waals surface area contributed by atoms with Gasteiger partial charge in [-0.2, -0.15) is 0 Å². The number of ether oxygens (including phenoxy) is 4. The van der Waals surface area contributed by atoms with Crippen LogP contribution in [0.5, 0.6) is 0 Å². The predicted molar refractivity (Wildman–Crippen MR) is 65.1 cm³/mol. The second-order valence-electron chi connectivity index (χ2n) is 3.67. The number of aliphatic hydroxyl groups is 1. The number of hydrogen-bond acceptors (Lipinski definition) is 7. The van der Waals surface area contributed by atoms with Gasteiger partial charge in [0.05, 0.1) is 0 Å². The van der Waals surface area contributed by atoms with Crippen molar-refractivity contribution < 1.29 is 33.6 Å². The molecule has 0 heterocycles. The Bertz CT molecular complexity index is 309. The van der Waals surface area contributed by atoms with Gasteiger partial charge in [-0.1, -0.05) is 0 Å². The lowest BCUT2D eigenvalue weighted by Gasteiger charge is -2.20. The summed E-state index contributed by atoms with van der Waals surface area (Å²) in [7, 11) is 2.88. The molecule has 0 aliphatic carbocycles. The Morgan fingerprint density at radius 2 is 1.68 bits per heavy atom. The van der Waals surface area contributed by atoms with Crippen molar-refractivity contribution in [3.8, 4) is 0 Å². The second kappa shape index (κ2) is 9.48. The van der Waals surface area contributed by atoms with Crippen LogP contribution >= 0.6 is 0 Å². The maximum absolute atomic E-state index is 10.9. The van der Waals surface area contributed by atoms with Crippen LogP contribution in [-0.2, 0) is 28.5 Å². The topological polar surface area (TPSA) is 91.3 Å². The van der Waals surface area contributed by atoms with Crippen molar-refractivity contribution in [3.63, 3.8) is 0 Å². The summed E-state index contributed by atoms with van der Waals surface area (Å²) < 4.78 is 19.4. The Labute approximate surface area is 112 Å². The van der Waals surface area contributed by atoms with E-state index in [1.54, 1.807) is 0 Å². The third-order valence-corrected chi connectivity index (χ3v) is 2.06. The van der Waals surface area contributed by atoms with E-state index in [1.165, 1.54) is 40.2 Å². The van der Waals surface area contributed by atoms with Gasteiger partial charge in [0.25, 0.3) is 0 Å². The van der Waals surface area contributed by atoms with Crippen molar-refractivity contribution in [1.82, 2.24) is 0 Å². The Balaban J connectivity index is 4.60. The van der Waals surface area contributed by atoms with Gasteiger partial charge in [-0.3, -0.25) is 9.59 Å². The second-order valence-corrected chi connectivity index (χ2v) is 3.67. The monoisotopic (exact) mass is 276 g/mol. The molecule has 0 aromatic carbocycles. The lowest BCUT2D eigenvalue weighted by molar-refractivity contribution is -0.154. The van der Waals surface area contributed by atoms with Gasteiger partial charge in [-0.15, -0.1) is 0 Å². The van der Waals surface area contributed by atoms with E-state index in [0.717, 1.165) is 0 Å². The summed E-state index contributed by atoms with van der Waals surface area (Å²) in [4.78, 5) is 21.6. The summed E-state index contributed by atoms with van der Waals surface area (Å²) in [5.74, 6) is -1.10. The molecule has 0 amide bonds. The third-order valence-electron chi connectivity index (χ3n) is 2.06. The van der Waals surface area contributed by atoms with Gasteiger partial charge in [-0.25, -0.2) is 0 Å². The lowest BCUT2D eigenvalue weighted by atomic mass is 10.2. The van der Waals surface area contributed by atoms with E-state index in [-0.39, 0.29) is 6.61 Å². The zero-order valence-electron chi connectivity index (χ0n) is 11.5. The summed E-state index contributed by atoms with van der Waals surface area (Å²) in [6.07, 6.45) is 0.139. The van der Waals surface area contributed by atoms with Crippen LogP contribution in [0.1, 0.15) is 13.8 Å². The van der Waals surface area contributed by atoms with Gasteiger partial charge in [-0.05, 0) is 12.2 Å². The molecule has 0 radical (unpaired) electrons. The highest BCUT2D eigenvalue weighted by Gasteiger charge is 2.21. The predicted octanol–water partition coefficient (Wildman–Crippen LogP) is 0.0172. The number of esters is 2. The Hall–Kier alpha value is -1.44. The van der Waals surface area contributed by atoms with Crippen molar-refractivity contribution in [2.24, 2.45) is 0 Å². The first-order valence-corrected chi connectivity index (χ1v) is 5.63. The minimum Gasteiger partial charge on any atom is -0.463 e. The van der Waals surface area contributed by atoms with Crippen molar-refractivity contribution in [3.05, 3.63) is 12.2 Å². The normalized spacial score (nSPS) is 14.4. The minimum absolute atomic E-state index is 0.276. The van der Waals surface area contributed by atoms with Gasteiger partial charge in [0.2, 0.25) is 0 Å². The number of rotatable bonds is 8. The third kappa shape index (κ3) is 8.30. The van der Waals surface area contributed by atoms with Crippen LogP contribution in [0, 0.1) is 0 Å². The first-order valence-electron chi connectivity index (χ1n) is 5.63. The number of carbonyl (C=O) groups is 2. The molecule has 2 atom stereocenters. The van der Waals surface area contributed by atoms with Crippen molar-refractivity contribution in [2.75, 3.05) is 20.8 Å². The van der Waals surface area contributed by atoms with Gasteiger partial charge >= 0.3 is 11.9 Å². The standard InChI is InChI=1S/C12H20O7/c1-8(13)18-7-10(15)11(19-9(2)14)5-6-12(16-3)17-4/h5-6,10-12,15H,7H2,1-4H3/b6-5+/t10-,11+/m1/s1. The smallest absolute Gasteiger partial charge is 0.303 e. The largest absolute Gasteiger partial charge is 0.463 e. The summed E-state index contributed by atoms with van der Waals surface area (Å²) in [6, 6.07) is 0. The molecule has 0 aromatic rings. The fourth-order valence-corrected chi connectivity index (χ4v) is 1.19. The van der Waals surface area contributed by atoms with E-state index in [4.69, 9.17) is 14.2 Å². The highest BCUT2D eigenvalue weighted by molar-refractivity contribution is 5.66. The van der Waals surface area contributed by atoms with Gasteiger partial charge in [0.1, 0.15) is 18.8 Å². The van der Waals surface area contributed by atoms with E-state index >= 15 is 0 Å². The molecule has 7 heteroatoms. The maximum Gasteiger partial charge on any atom is 0.303 e. The van der Waals surface area contributed by atoms with Crippen LogP contribution < -0.4 is 0 Å². The first kappa shape index (κ1) is 17.6. The zero-order valence-corrected chi connectivity index (χ0v) is 11.5. The summed E-state index contributed by atoms with van der Waals surface area (Å²) in [5, 5.41) is 9.78. The van der Waals surface area contributed by atoms with Gasteiger partial charge < -0.3 is 24.1 Å². The molecule has 1 N–H and O–H groups in total. The fourth-order valence-electron chi connectivity index (χ4n) is 1.19. The molecular weight excluding hydrogens is 256 g/mol. The van der Waals surface area contributed by atoms with Crippen LogP contribution in [0.2, 0.25) is 0 Å². The summed E-state index contributed by atoms with van der Waals surface area (Å²) in [5.41, 5.74) is 0. The molecule has 0 bridgehead atoms. The van der Waals surface area contributed by atoms with E-state index in [9.17, 15) is 14.7 Å². The SMILES string of the molecule is COC(/C=C/[C@H](OC(C)=O)[C@H](O)COC(C)=O)OC. The van der Waals surface area contributed by atoms with Crippen molar-refractivity contribution in [1.29, 1.82) is 0 Å². The molecule has 0 spiro atoms. The average molecular weight is 276 g/mol. The molecule has 0 saturated heterocycles. The molecule has 0 unspecified atom stereocenters. The molecule has 7 nitrogen and oxygen atoms in total. The average Bonchev–Trinajstić information content (AvgIpc) is 2.35. The molecule has 0 fully saturated rings. The highest BCUT2D eigenvalue weighted by Crippen LogP contribution is 2.06. The Kier molecular flexibility index (Phi) is 8.77. The van der Waals surface area contributed by atoms with Crippen LogP contribution in [0.25, 0.3) is 0 Å². The number of hydrogen-bond donors (Lipinski definition) is 1. The van der Waals surface area contributed by atoms with Crippen molar-refractivity contribution in [2.45, 2.75) is 32.3 Å². The summed E-state index contributed by atoms with van der Waals surface area (Å²) >= 11 is 0. The molecule has 0 aliphatic heterocycles.